The SMILES string of the molecule is CN(Cc1ccccc1)S(=O)(=O)NC1CCc2nn(C)c(=O)n2CC1. The molecule has 0 radical (unpaired) electrons. The average Bonchev–Trinajstić information content (AvgIpc) is 2.73. The van der Waals surface area contributed by atoms with Gasteiger partial charge in [-0.2, -0.15) is 22.5 Å². The summed E-state index contributed by atoms with van der Waals surface area (Å²) in [6.45, 7) is 0.780. The van der Waals surface area contributed by atoms with E-state index in [0.29, 0.717) is 38.2 Å². The van der Waals surface area contributed by atoms with E-state index >= 15 is 0 Å². The summed E-state index contributed by atoms with van der Waals surface area (Å²) in [5.41, 5.74) is 0.777. The quantitative estimate of drug-likeness (QED) is 0.823. The number of nitrogens with zero attached hydrogens (tertiary/aromatic N) is 4. The third-order valence-corrected chi connectivity index (χ3v) is 6.06. The Hall–Kier alpha value is -1.97. The van der Waals surface area contributed by atoms with Gasteiger partial charge in [0.15, 0.2) is 0 Å². The molecule has 2 aromatic rings. The van der Waals surface area contributed by atoms with Crippen molar-refractivity contribution in [3.8, 4) is 0 Å². The van der Waals surface area contributed by atoms with Gasteiger partial charge in [0.1, 0.15) is 5.82 Å². The highest BCUT2D eigenvalue weighted by Gasteiger charge is 2.26. The lowest BCUT2D eigenvalue weighted by atomic mass is 10.1. The van der Waals surface area contributed by atoms with Gasteiger partial charge in [-0.05, 0) is 18.4 Å². The zero-order valence-electron chi connectivity index (χ0n) is 14.4. The Morgan fingerprint density at radius 3 is 2.72 bits per heavy atom. The monoisotopic (exact) mass is 365 g/mol. The van der Waals surface area contributed by atoms with Crippen LogP contribution in [0.4, 0.5) is 0 Å². The van der Waals surface area contributed by atoms with E-state index in [2.05, 4.69) is 9.82 Å². The third-order valence-electron chi connectivity index (χ3n) is 4.48. The first-order valence-electron chi connectivity index (χ1n) is 8.27. The van der Waals surface area contributed by atoms with Gasteiger partial charge in [0.05, 0.1) is 0 Å². The first-order valence-corrected chi connectivity index (χ1v) is 9.71. The minimum Gasteiger partial charge on any atom is -0.279 e. The summed E-state index contributed by atoms with van der Waals surface area (Å²) < 4.78 is 32.2. The Labute approximate surface area is 147 Å². The van der Waals surface area contributed by atoms with E-state index in [1.807, 2.05) is 30.3 Å². The lowest BCUT2D eigenvalue weighted by Crippen LogP contribution is -2.43. The molecule has 1 aromatic heterocycles. The number of nitrogens with one attached hydrogen (secondary N) is 1. The van der Waals surface area contributed by atoms with E-state index < -0.39 is 10.2 Å². The second-order valence-electron chi connectivity index (χ2n) is 6.36. The maximum atomic E-state index is 12.6. The van der Waals surface area contributed by atoms with Crippen molar-refractivity contribution in [2.75, 3.05) is 7.05 Å². The van der Waals surface area contributed by atoms with Gasteiger partial charge in [0, 0.05) is 39.6 Å². The molecule has 8 nitrogen and oxygen atoms in total. The number of hydrogen-bond acceptors (Lipinski definition) is 4. The molecule has 1 aromatic carbocycles. The van der Waals surface area contributed by atoms with Crippen molar-refractivity contribution >= 4 is 10.2 Å². The minimum atomic E-state index is -3.59. The van der Waals surface area contributed by atoms with Crippen molar-refractivity contribution in [1.82, 2.24) is 23.4 Å². The molecule has 25 heavy (non-hydrogen) atoms. The third kappa shape index (κ3) is 4.00. The number of rotatable bonds is 5. The maximum Gasteiger partial charge on any atom is 0.345 e. The summed E-state index contributed by atoms with van der Waals surface area (Å²) >= 11 is 0. The van der Waals surface area contributed by atoms with Gasteiger partial charge < -0.3 is 0 Å². The molecule has 1 atom stereocenters. The number of benzene rings is 1. The molecule has 1 aliphatic heterocycles. The molecule has 3 rings (SSSR count). The first kappa shape index (κ1) is 17.8. The molecule has 0 saturated carbocycles. The standard InChI is InChI=1S/C16H23N5O3S/c1-19(12-13-6-4-3-5-7-13)25(23,24)18-14-8-9-15-17-20(2)16(22)21(15)11-10-14/h3-7,14,18H,8-12H2,1-2H3. The van der Waals surface area contributed by atoms with E-state index in [1.165, 1.54) is 8.99 Å². The molecule has 0 fully saturated rings. The zero-order chi connectivity index (χ0) is 18.0. The van der Waals surface area contributed by atoms with Crippen LogP contribution in [0.5, 0.6) is 0 Å². The Bertz CT molecular complexity index is 888. The smallest absolute Gasteiger partial charge is 0.279 e. The highest BCUT2D eigenvalue weighted by molar-refractivity contribution is 7.87. The molecule has 136 valence electrons. The fourth-order valence-electron chi connectivity index (χ4n) is 3.04. The van der Waals surface area contributed by atoms with Crippen molar-refractivity contribution in [1.29, 1.82) is 0 Å². The van der Waals surface area contributed by atoms with Crippen LogP contribution in [0.15, 0.2) is 35.1 Å². The van der Waals surface area contributed by atoms with Crippen LogP contribution in [-0.2, 0) is 36.8 Å². The maximum absolute atomic E-state index is 12.6. The molecule has 2 heterocycles. The number of aromatic nitrogens is 3. The van der Waals surface area contributed by atoms with E-state index in [9.17, 15) is 13.2 Å². The van der Waals surface area contributed by atoms with E-state index in [4.69, 9.17) is 0 Å². The lowest BCUT2D eigenvalue weighted by molar-refractivity contribution is 0.428. The molecular weight excluding hydrogens is 342 g/mol. The summed E-state index contributed by atoms with van der Waals surface area (Å²) in [4.78, 5) is 12.0. The van der Waals surface area contributed by atoms with Gasteiger partial charge in [-0.1, -0.05) is 30.3 Å². The normalized spacial score (nSPS) is 18.1. The zero-order valence-corrected chi connectivity index (χ0v) is 15.2. The molecule has 1 unspecified atom stereocenters. The van der Waals surface area contributed by atoms with Crippen LogP contribution in [0.3, 0.4) is 0 Å². The summed E-state index contributed by atoms with van der Waals surface area (Å²) in [6.07, 6.45) is 1.76. The molecule has 0 spiro atoms. The number of fused-ring (bicyclic) bond motifs is 1. The molecule has 1 aliphatic rings. The first-order chi connectivity index (χ1) is 11.9. The number of aryl methyl sites for hydroxylation is 2. The molecular formula is C16H23N5O3S. The van der Waals surface area contributed by atoms with Gasteiger partial charge in [0.2, 0.25) is 0 Å². The lowest BCUT2D eigenvalue weighted by Gasteiger charge is -2.22. The minimum absolute atomic E-state index is 0.153. The van der Waals surface area contributed by atoms with Crippen molar-refractivity contribution in [2.24, 2.45) is 7.05 Å². The predicted molar refractivity (Wildman–Crippen MR) is 94.2 cm³/mol. The van der Waals surface area contributed by atoms with Crippen LogP contribution >= 0.6 is 0 Å². The topological polar surface area (TPSA) is 89.2 Å². The summed E-state index contributed by atoms with van der Waals surface area (Å²) in [5.74, 6) is 0.715. The average molecular weight is 365 g/mol. The fraction of sp³-hybridized carbons (Fsp3) is 0.500. The fourth-order valence-corrected chi connectivity index (χ4v) is 4.20. The highest BCUT2D eigenvalue weighted by Crippen LogP contribution is 2.14. The highest BCUT2D eigenvalue weighted by atomic mass is 32.2. The van der Waals surface area contributed by atoms with Crippen LogP contribution in [0.2, 0.25) is 0 Å². The van der Waals surface area contributed by atoms with Gasteiger partial charge >= 0.3 is 5.69 Å². The Balaban J connectivity index is 1.64. The van der Waals surface area contributed by atoms with Crippen LogP contribution < -0.4 is 10.4 Å². The second kappa shape index (κ2) is 7.11. The number of hydrogen-bond donors (Lipinski definition) is 1. The van der Waals surface area contributed by atoms with E-state index in [-0.39, 0.29) is 11.7 Å². The molecule has 9 heteroatoms. The van der Waals surface area contributed by atoms with Crippen molar-refractivity contribution < 1.29 is 8.42 Å². The Morgan fingerprint density at radius 2 is 2.00 bits per heavy atom. The van der Waals surface area contributed by atoms with E-state index in [1.54, 1.807) is 18.7 Å². The van der Waals surface area contributed by atoms with Crippen LogP contribution in [-0.4, -0.2) is 40.2 Å². The Morgan fingerprint density at radius 1 is 1.28 bits per heavy atom. The predicted octanol–water partition coefficient (Wildman–Crippen LogP) is 0.253. The molecule has 0 saturated heterocycles. The van der Waals surface area contributed by atoms with Crippen LogP contribution in [0, 0.1) is 0 Å². The van der Waals surface area contributed by atoms with Gasteiger partial charge in [-0.25, -0.2) is 9.48 Å². The van der Waals surface area contributed by atoms with Crippen molar-refractivity contribution in [2.45, 2.75) is 38.4 Å². The second-order valence-corrected chi connectivity index (χ2v) is 8.17. The van der Waals surface area contributed by atoms with Crippen molar-refractivity contribution in [3.05, 3.63) is 52.2 Å². The van der Waals surface area contributed by atoms with Crippen LogP contribution in [0.1, 0.15) is 24.2 Å². The molecule has 0 aliphatic carbocycles. The van der Waals surface area contributed by atoms with Gasteiger partial charge in [0.25, 0.3) is 10.2 Å². The van der Waals surface area contributed by atoms with Gasteiger partial charge in [-0.3, -0.25) is 4.57 Å². The largest absolute Gasteiger partial charge is 0.345 e. The molecule has 0 amide bonds. The summed E-state index contributed by atoms with van der Waals surface area (Å²) in [7, 11) is -0.403. The summed E-state index contributed by atoms with van der Waals surface area (Å²) in [6, 6.07) is 9.25. The van der Waals surface area contributed by atoms with Gasteiger partial charge in [-0.15, -0.1) is 0 Å². The van der Waals surface area contributed by atoms with Crippen LogP contribution in [0.25, 0.3) is 0 Å². The van der Waals surface area contributed by atoms with Crippen molar-refractivity contribution in [3.63, 3.8) is 0 Å². The molecule has 0 bridgehead atoms. The molecule has 1 N–H and O–H groups in total. The summed E-state index contributed by atoms with van der Waals surface area (Å²) in [5, 5.41) is 4.21. The Kier molecular flexibility index (Phi) is 5.07. The van der Waals surface area contributed by atoms with E-state index in [0.717, 1.165) is 5.56 Å².